The number of carboxylic acid groups (broad SMARTS) is 1. The van der Waals surface area contributed by atoms with Crippen LogP contribution in [0.2, 0.25) is 0 Å². The second-order valence-electron chi connectivity index (χ2n) is 6.36. The molecule has 0 amide bonds. The van der Waals surface area contributed by atoms with Crippen molar-refractivity contribution in [2.75, 3.05) is 18.0 Å². The number of hydrogen-bond acceptors (Lipinski definition) is 3. The molecule has 128 valence electrons. The van der Waals surface area contributed by atoms with Crippen molar-refractivity contribution in [1.82, 2.24) is 9.55 Å². The van der Waals surface area contributed by atoms with Crippen LogP contribution >= 0.6 is 0 Å². The molecular formula is C19H19N3O3. The van der Waals surface area contributed by atoms with Crippen LogP contribution in [0.25, 0.3) is 11.0 Å². The number of carbonyl (C=O) groups is 1. The molecule has 2 aromatic carbocycles. The third-order valence-corrected chi connectivity index (χ3v) is 4.93. The van der Waals surface area contributed by atoms with Gasteiger partial charge in [0.15, 0.2) is 0 Å². The number of anilines is 1. The fourth-order valence-corrected chi connectivity index (χ4v) is 3.73. The molecule has 0 bridgehead atoms. The summed E-state index contributed by atoms with van der Waals surface area (Å²) >= 11 is 0. The molecule has 0 atom stereocenters. The Morgan fingerprint density at radius 3 is 2.48 bits per heavy atom. The minimum Gasteiger partial charge on any atom is -0.478 e. The number of para-hydroxylation sites is 3. The predicted molar refractivity (Wildman–Crippen MR) is 96.4 cm³/mol. The van der Waals surface area contributed by atoms with E-state index >= 15 is 0 Å². The second-order valence-corrected chi connectivity index (χ2v) is 6.36. The van der Waals surface area contributed by atoms with Crippen LogP contribution in [0.1, 0.15) is 29.2 Å². The number of imidazole rings is 1. The highest BCUT2D eigenvalue weighted by Gasteiger charge is 2.25. The lowest BCUT2D eigenvalue weighted by molar-refractivity contribution is 0.0697. The minimum atomic E-state index is -0.912. The van der Waals surface area contributed by atoms with Gasteiger partial charge in [-0.05, 0) is 37.1 Å². The van der Waals surface area contributed by atoms with Crippen LogP contribution in [0.15, 0.2) is 53.3 Å². The molecule has 3 aromatic rings. The Kier molecular flexibility index (Phi) is 3.80. The first kappa shape index (κ1) is 15.5. The zero-order chi connectivity index (χ0) is 17.4. The molecule has 4 rings (SSSR count). The van der Waals surface area contributed by atoms with Gasteiger partial charge in [-0.25, -0.2) is 9.59 Å². The Morgan fingerprint density at radius 2 is 1.72 bits per heavy atom. The van der Waals surface area contributed by atoms with E-state index in [4.69, 9.17) is 0 Å². The SMILES string of the molecule is O=C(O)c1ccccc1N1CCC(n2c(=O)[nH]c3ccccc32)CC1. The summed E-state index contributed by atoms with van der Waals surface area (Å²) in [6, 6.07) is 14.9. The van der Waals surface area contributed by atoms with Gasteiger partial charge in [-0.15, -0.1) is 0 Å². The summed E-state index contributed by atoms with van der Waals surface area (Å²) in [5.74, 6) is -0.912. The lowest BCUT2D eigenvalue weighted by atomic mass is 10.0. The van der Waals surface area contributed by atoms with Gasteiger partial charge in [-0.1, -0.05) is 24.3 Å². The van der Waals surface area contributed by atoms with E-state index in [0.717, 1.165) is 42.7 Å². The summed E-state index contributed by atoms with van der Waals surface area (Å²) in [7, 11) is 0. The third kappa shape index (κ3) is 2.69. The van der Waals surface area contributed by atoms with Gasteiger partial charge in [0.05, 0.1) is 22.3 Å². The molecule has 2 N–H and O–H groups in total. The number of benzene rings is 2. The zero-order valence-corrected chi connectivity index (χ0v) is 13.7. The fourth-order valence-electron chi connectivity index (χ4n) is 3.73. The highest BCUT2D eigenvalue weighted by molar-refractivity contribution is 5.94. The Bertz CT molecular complexity index is 981. The summed E-state index contributed by atoms with van der Waals surface area (Å²) in [5.41, 5.74) is 2.78. The molecule has 0 unspecified atom stereocenters. The minimum absolute atomic E-state index is 0.0782. The van der Waals surface area contributed by atoms with Gasteiger partial charge in [-0.3, -0.25) is 4.57 Å². The van der Waals surface area contributed by atoms with E-state index in [1.54, 1.807) is 12.1 Å². The average molecular weight is 337 g/mol. The van der Waals surface area contributed by atoms with Crippen molar-refractivity contribution in [2.45, 2.75) is 18.9 Å². The molecule has 2 heterocycles. The molecule has 6 heteroatoms. The van der Waals surface area contributed by atoms with Crippen LogP contribution in [0, 0.1) is 0 Å². The Morgan fingerprint density at radius 1 is 1.04 bits per heavy atom. The second kappa shape index (κ2) is 6.12. The first-order chi connectivity index (χ1) is 12.1. The first-order valence-electron chi connectivity index (χ1n) is 8.41. The number of rotatable bonds is 3. The first-order valence-corrected chi connectivity index (χ1v) is 8.41. The van der Waals surface area contributed by atoms with Crippen molar-refractivity contribution in [3.05, 3.63) is 64.6 Å². The van der Waals surface area contributed by atoms with Crippen LogP contribution in [-0.2, 0) is 0 Å². The number of aromatic amines is 1. The number of piperidine rings is 1. The van der Waals surface area contributed by atoms with Gasteiger partial charge in [0.2, 0.25) is 0 Å². The molecule has 25 heavy (non-hydrogen) atoms. The van der Waals surface area contributed by atoms with Crippen molar-refractivity contribution in [3.63, 3.8) is 0 Å². The Hall–Kier alpha value is -3.02. The maximum absolute atomic E-state index is 12.3. The number of aromatic nitrogens is 2. The summed E-state index contributed by atoms with van der Waals surface area (Å²) in [4.78, 5) is 28.8. The van der Waals surface area contributed by atoms with E-state index in [9.17, 15) is 14.7 Å². The monoisotopic (exact) mass is 337 g/mol. The number of nitrogens with zero attached hydrogens (tertiary/aromatic N) is 2. The number of fused-ring (bicyclic) bond motifs is 1. The van der Waals surface area contributed by atoms with E-state index in [2.05, 4.69) is 9.88 Å². The summed E-state index contributed by atoms with van der Waals surface area (Å²) < 4.78 is 1.84. The number of hydrogen-bond donors (Lipinski definition) is 2. The van der Waals surface area contributed by atoms with Crippen molar-refractivity contribution in [2.24, 2.45) is 0 Å². The molecule has 0 aliphatic carbocycles. The maximum atomic E-state index is 12.3. The molecule has 1 aliphatic heterocycles. The van der Waals surface area contributed by atoms with Crippen molar-refractivity contribution in [1.29, 1.82) is 0 Å². The van der Waals surface area contributed by atoms with Gasteiger partial charge in [-0.2, -0.15) is 0 Å². The van der Waals surface area contributed by atoms with E-state index in [0.29, 0.717) is 5.56 Å². The molecule has 1 aliphatic rings. The summed E-state index contributed by atoms with van der Waals surface area (Å²) in [6.45, 7) is 1.45. The van der Waals surface area contributed by atoms with Crippen LogP contribution in [0.4, 0.5) is 5.69 Å². The topological polar surface area (TPSA) is 78.3 Å². The maximum Gasteiger partial charge on any atom is 0.337 e. The van der Waals surface area contributed by atoms with E-state index in [1.807, 2.05) is 41.0 Å². The lowest BCUT2D eigenvalue weighted by Gasteiger charge is -2.34. The van der Waals surface area contributed by atoms with Gasteiger partial charge in [0.25, 0.3) is 0 Å². The normalized spacial score (nSPS) is 15.6. The zero-order valence-electron chi connectivity index (χ0n) is 13.7. The number of aromatic carboxylic acids is 1. The summed E-state index contributed by atoms with van der Waals surface area (Å²) in [6.07, 6.45) is 1.60. The average Bonchev–Trinajstić information content (AvgIpc) is 2.97. The van der Waals surface area contributed by atoms with Crippen LogP contribution in [0.3, 0.4) is 0 Å². The summed E-state index contributed by atoms with van der Waals surface area (Å²) in [5, 5.41) is 9.38. The molecule has 1 aromatic heterocycles. The lowest BCUT2D eigenvalue weighted by Crippen LogP contribution is -2.37. The van der Waals surface area contributed by atoms with Crippen molar-refractivity contribution in [3.8, 4) is 0 Å². The van der Waals surface area contributed by atoms with E-state index in [1.165, 1.54) is 0 Å². The quantitative estimate of drug-likeness (QED) is 0.770. The largest absolute Gasteiger partial charge is 0.478 e. The standard InChI is InChI=1S/C19H19N3O3/c23-18(24)14-5-1-3-7-16(14)21-11-9-13(10-12-21)22-17-8-4-2-6-15(17)20-19(22)25/h1-8,13H,9-12H2,(H,20,25)(H,23,24). The van der Waals surface area contributed by atoms with Gasteiger partial charge in [0.1, 0.15) is 0 Å². The number of H-pyrrole nitrogens is 1. The van der Waals surface area contributed by atoms with Crippen LogP contribution in [0.5, 0.6) is 0 Å². The Balaban J connectivity index is 1.59. The smallest absolute Gasteiger partial charge is 0.337 e. The number of carboxylic acids is 1. The molecule has 0 spiro atoms. The predicted octanol–water partition coefficient (Wildman–Crippen LogP) is 2.87. The molecule has 1 saturated heterocycles. The van der Waals surface area contributed by atoms with Crippen molar-refractivity contribution < 1.29 is 9.90 Å². The highest BCUT2D eigenvalue weighted by Crippen LogP contribution is 2.29. The molecular weight excluding hydrogens is 318 g/mol. The fraction of sp³-hybridized carbons (Fsp3) is 0.263. The Labute approximate surface area is 144 Å². The third-order valence-electron chi connectivity index (χ3n) is 4.93. The van der Waals surface area contributed by atoms with Gasteiger partial charge >= 0.3 is 11.7 Å². The molecule has 1 fully saturated rings. The molecule has 0 saturated carbocycles. The molecule has 6 nitrogen and oxygen atoms in total. The van der Waals surface area contributed by atoms with Crippen LogP contribution in [-0.4, -0.2) is 33.7 Å². The van der Waals surface area contributed by atoms with Crippen LogP contribution < -0.4 is 10.6 Å². The van der Waals surface area contributed by atoms with Gasteiger partial charge < -0.3 is 15.0 Å². The van der Waals surface area contributed by atoms with E-state index < -0.39 is 5.97 Å². The van der Waals surface area contributed by atoms with Crippen molar-refractivity contribution >= 4 is 22.7 Å². The van der Waals surface area contributed by atoms with Gasteiger partial charge in [0, 0.05) is 19.1 Å². The highest BCUT2D eigenvalue weighted by atomic mass is 16.4. The molecule has 0 radical (unpaired) electrons. The van der Waals surface area contributed by atoms with E-state index in [-0.39, 0.29) is 11.7 Å². The number of nitrogens with one attached hydrogen (secondary N) is 1.